The SMILES string of the molecule is CC(N=[N+]=[N-])C(F)(F)F. The summed E-state index contributed by atoms with van der Waals surface area (Å²) >= 11 is 0. The van der Waals surface area contributed by atoms with Gasteiger partial charge in [0.05, 0.1) is 0 Å². The van der Waals surface area contributed by atoms with Crippen LogP contribution in [0, 0.1) is 0 Å². The molecule has 0 fully saturated rings. The molecule has 0 aliphatic heterocycles. The second-order valence-electron chi connectivity index (χ2n) is 1.42. The summed E-state index contributed by atoms with van der Waals surface area (Å²) in [7, 11) is 0. The predicted molar refractivity (Wildman–Crippen MR) is 24.7 cm³/mol. The van der Waals surface area contributed by atoms with Crippen LogP contribution < -0.4 is 0 Å². The molecule has 3 nitrogen and oxygen atoms in total. The van der Waals surface area contributed by atoms with E-state index in [0.29, 0.717) is 0 Å². The van der Waals surface area contributed by atoms with E-state index in [4.69, 9.17) is 5.53 Å². The van der Waals surface area contributed by atoms with Crippen molar-refractivity contribution in [3.63, 3.8) is 0 Å². The zero-order valence-electron chi connectivity index (χ0n) is 4.55. The van der Waals surface area contributed by atoms with Crippen molar-refractivity contribution in [1.29, 1.82) is 0 Å². The normalized spacial score (nSPS) is 14.2. The van der Waals surface area contributed by atoms with E-state index in [2.05, 4.69) is 5.11 Å². The maximum Gasteiger partial charge on any atom is 0.397 e. The van der Waals surface area contributed by atoms with E-state index in [0.717, 1.165) is 6.92 Å². The van der Waals surface area contributed by atoms with Crippen LogP contribution in [0.5, 0.6) is 0 Å². The molecule has 0 spiro atoms. The molecule has 0 radical (unpaired) electrons. The molecule has 1 atom stereocenters. The number of halogens is 3. The Hall–Kier alpha value is -0.900. The summed E-state index contributed by atoms with van der Waals surface area (Å²) in [6, 6.07) is -1.93. The summed E-state index contributed by atoms with van der Waals surface area (Å²) in [6.07, 6.45) is -4.41. The summed E-state index contributed by atoms with van der Waals surface area (Å²) in [5.41, 5.74) is 7.56. The lowest BCUT2D eigenvalue weighted by molar-refractivity contribution is -0.143. The minimum atomic E-state index is -4.41. The fourth-order valence-electron chi connectivity index (χ4n) is 0.143. The summed E-state index contributed by atoms with van der Waals surface area (Å²) in [4.78, 5) is 2.01. The molecule has 0 saturated carbocycles. The molecule has 0 rings (SSSR count). The fraction of sp³-hybridized carbons (Fsp3) is 1.00. The van der Waals surface area contributed by atoms with Crippen LogP contribution >= 0.6 is 0 Å². The third-order valence-corrected chi connectivity index (χ3v) is 0.699. The third-order valence-electron chi connectivity index (χ3n) is 0.699. The van der Waals surface area contributed by atoms with Crippen LogP contribution in [0.1, 0.15) is 6.92 Å². The summed E-state index contributed by atoms with van der Waals surface area (Å²) in [5, 5.41) is 2.45. The van der Waals surface area contributed by atoms with Crippen LogP contribution in [0.4, 0.5) is 13.2 Å². The number of rotatable bonds is 1. The van der Waals surface area contributed by atoms with Gasteiger partial charge in [0.1, 0.15) is 6.04 Å². The zero-order valence-corrected chi connectivity index (χ0v) is 4.55. The highest BCUT2D eigenvalue weighted by Crippen LogP contribution is 2.21. The van der Waals surface area contributed by atoms with Gasteiger partial charge in [-0.2, -0.15) is 13.2 Å². The van der Waals surface area contributed by atoms with Gasteiger partial charge in [-0.3, -0.25) is 0 Å². The Morgan fingerprint density at radius 3 is 2.11 bits per heavy atom. The molecule has 0 bridgehead atoms. The Bertz CT molecular complexity index is 134. The van der Waals surface area contributed by atoms with E-state index < -0.39 is 12.2 Å². The molecule has 0 aliphatic carbocycles. The lowest BCUT2D eigenvalue weighted by Crippen LogP contribution is -2.22. The van der Waals surface area contributed by atoms with Gasteiger partial charge >= 0.3 is 6.18 Å². The van der Waals surface area contributed by atoms with Crippen LogP contribution in [0.15, 0.2) is 5.11 Å². The maximum absolute atomic E-state index is 11.4. The first-order chi connectivity index (χ1) is 3.98. The van der Waals surface area contributed by atoms with Crippen molar-refractivity contribution in [3.8, 4) is 0 Å². The van der Waals surface area contributed by atoms with Crippen LogP contribution in [0.2, 0.25) is 0 Å². The Morgan fingerprint density at radius 1 is 1.56 bits per heavy atom. The molecule has 0 N–H and O–H groups in total. The molecule has 0 aliphatic rings. The van der Waals surface area contributed by atoms with Crippen LogP contribution in [0.3, 0.4) is 0 Å². The van der Waals surface area contributed by atoms with E-state index in [1.807, 2.05) is 4.91 Å². The fourth-order valence-corrected chi connectivity index (χ4v) is 0.143. The number of hydrogen-bond acceptors (Lipinski definition) is 1. The van der Waals surface area contributed by atoms with E-state index in [1.165, 1.54) is 0 Å². The van der Waals surface area contributed by atoms with Crippen molar-refractivity contribution in [1.82, 2.24) is 0 Å². The highest BCUT2D eigenvalue weighted by atomic mass is 19.4. The van der Waals surface area contributed by atoms with Gasteiger partial charge in [-0.25, -0.2) is 0 Å². The molecule has 0 amide bonds. The van der Waals surface area contributed by atoms with Crippen LogP contribution in [-0.4, -0.2) is 12.2 Å². The van der Waals surface area contributed by atoms with Crippen LogP contribution in [-0.2, 0) is 0 Å². The van der Waals surface area contributed by atoms with Gasteiger partial charge in [0.2, 0.25) is 0 Å². The monoisotopic (exact) mass is 139 g/mol. The summed E-state index contributed by atoms with van der Waals surface area (Å²) in [6.45, 7) is 0.791. The average Bonchev–Trinajstić information content (AvgIpc) is 1.64. The van der Waals surface area contributed by atoms with Gasteiger partial charge in [-0.1, -0.05) is 5.11 Å². The molecule has 6 heteroatoms. The smallest absolute Gasteiger partial charge is 0.171 e. The van der Waals surface area contributed by atoms with Crippen LogP contribution in [0.25, 0.3) is 10.4 Å². The molecule has 0 aromatic carbocycles. The minimum Gasteiger partial charge on any atom is -0.171 e. The van der Waals surface area contributed by atoms with E-state index in [-0.39, 0.29) is 0 Å². The molecule has 1 unspecified atom stereocenters. The maximum atomic E-state index is 11.4. The third kappa shape index (κ3) is 2.81. The first kappa shape index (κ1) is 8.10. The van der Waals surface area contributed by atoms with Gasteiger partial charge in [-0.15, -0.1) is 0 Å². The topological polar surface area (TPSA) is 48.8 Å². The largest absolute Gasteiger partial charge is 0.397 e. The first-order valence-corrected chi connectivity index (χ1v) is 2.09. The van der Waals surface area contributed by atoms with Crippen molar-refractivity contribution >= 4 is 0 Å². The zero-order chi connectivity index (χ0) is 7.49. The average molecular weight is 139 g/mol. The number of hydrogen-bond donors (Lipinski definition) is 0. The van der Waals surface area contributed by atoms with Gasteiger partial charge in [0, 0.05) is 4.91 Å². The van der Waals surface area contributed by atoms with Gasteiger partial charge in [0.15, 0.2) is 0 Å². The van der Waals surface area contributed by atoms with Crippen molar-refractivity contribution in [2.75, 3.05) is 0 Å². The lowest BCUT2D eigenvalue weighted by atomic mass is 10.4. The summed E-state index contributed by atoms with van der Waals surface area (Å²) in [5.74, 6) is 0. The molecule has 9 heavy (non-hydrogen) atoms. The Balaban J connectivity index is 4.03. The Morgan fingerprint density at radius 2 is 2.00 bits per heavy atom. The standard InChI is InChI=1S/C3H4F3N3/c1-2(8-9-7)3(4,5)6/h2H,1H3. The van der Waals surface area contributed by atoms with Gasteiger partial charge < -0.3 is 0 Å². The second-order valence-corrected chi connectivity index (χ2v) is 1.42. The molecule has 0 saturated heterocycles. The number of alkyl halides is 3. The predicted octanol–water partition coefficient (Wildman–Crippen LogP) is 2.25. The highest BCUT2D eigenvalue weighted by Gasteiger charge is 2.34. The molecule has 0 aromatic heterocycles. The Labute approximate surface area is 49.1 Å². The van der Waals surface area contributed by atoms with Crippen molar-refractivity contribution in [2.24, 2.45) is 5.11 Å². The quantitative estimate of drug-likeness (QED) is 0.304. The first-order valence-electron chi connectivity index (χ1n) is 2.09. The van der Waals surface area contributed by atoms with E-state index in [9.17, 15) is 13.2 Å². The number of azide groups is 1. The second kappa shape index (κ2) is 2.59. The van der Waals surface area contributed by atoms with Crippen molar-refractivity contribution in [2.45, 2.75) is 19.1 Å². The van der Waals surface area contributed by atoms with Gasteiger partial charge in [0.25, 0.3) is 0 Å². The van der Waals surface area contributed by atoms with Gasteiger partial charge in [-0.05, 0) is 12.5 Å². The molecular weight excluding hydrogens is 135 g/mol. The molecule has 0 aromatic rings. The van der Waals surface area contributed by atoms with E-state index in [1.54, 1.807) is 0 Å². The van der Waals surface area contributed by atoms with E-state index >= 15 is 0 Å². The Kier molecular flexibility index (Phi) is 2.33. The number of nitrogens with zero attached hydrogens (tertiary/aromatic N) is 3. The molecular formula is C3H4F3N3. The van der Waals surface area contributed by atoms with Crippen molar-refractivity contribution in [3.05, 3.63) is 10.4 Å². The molecule has 0 heterocycles. The summed E-state index contributed by atoms with van der Waals surface area (Å²) < 4.78 is 34.1. The minimum absolute atomic E-state index is 0.791. The molecule has 52 valence electrons. The lowest BCUT2D eigenvalue weighted by Gasteiger charge is -2.07. The highest BCUT2D eigenvalue weighted by molar-refractivity contribution is 4.68. The van der Waals surface area contributed by atoms with Crippen molar-refractivity contribution < 1.29 is 13.2 Å².